The molecule has 6 nitrogen and oxygen atoms in total. The molecule has 0 aliphatic heterocycles. The molecule has 0 rings (SSSR count). The van der Waals surface area contributed by atoms with Crippen molar-refractivity contribution >= 4 is 7.82 Å². The fraction of sp³-hybridized carbons (Fsp3) is 1.00. The van der Waals surface area contributed by atoms with Gasteiger partial charge in [0.15, 0.2) is 0 Å². The third kappa shape index (κ3) is 36.9. The summed E-state index contributed by atoms with van der Waals surface area (Å²) >= 11 is 0. The van der Waals surface area contributed by atoms with E-state index in [1.54, 1.807) is 0 Å². The topological polar surface area (TPSA) is 113 Å². The van der Waals surface area contributed by atoms with Crippen LogP contribution in [0.2, 0.25) is 0 Å². The van der Waals surface area contributed by atoms with Crippen LogP contribution in [0, 0.1) is 0 Å². The van der Waals surface area contributed by atoms with E-state index in [0.29, 0.717) is 12.8 Å². The molecule has 0 bridgehead atoms. The molecule has 0 aliphatic rings. The summed E-state index contributed by atoms with van der Waals surface area (Å²) in [4.78, 5) is 22.5. The fourth-order valence-electron chi connectivity index (χ4n) is 5.96. The molecule has 0 aromatic rings. The second kappa shape index (κ2) is 37.8. The Morgan fingerprint density at radius 1 is 0.477 bits per heavy atom. The Kier molecular flexibility index (Phi) is 43.4. The monoisotopic (exact) mass is 664 g/mol. The van der Waals surface area contributed by atoms with E-state index in [-0.39, 0.29) is 65.5 Å². The minimum absolute atomic E-state index is 0. The maximum Gasteiger partial charge on any atom is 1.00 e. The van der Waals surface area contributed by atoms with Gasteiger partial charge in [-0.05, 0) is 12.8 Å². The molecule has 44 heavy (non-hydrogen) atoms. The molecule has 254 valence electrons. The molecular weight excluding hydrogens is 593 g/mol. The van der Waals surface area contributed by atoms with Crippen molar-refractivity contribution in [2.45, 2.75) is 225 Å². The molecule has 0 saturated heterocycles. The van der Waals surface area contributed by atoms with Crippen molar-refractivity contribution in [1.82, 2.24) is 0 Å². The van der Waals surface area contributed by atoms with Crippen molar-refractivity contribution in [3.63, 3.8) is 0 Å². The van der Waals surface area contributed by atoms with Gasteiger partial charge in [-0.3, -0.25) is 0 Å². The summed E-state index contributed by atoms with van der Waals surface area (Å²) in [7, 11) is -5.24. The van der Waals surface area contributed by atoms with Crippen molar-refractivity contribution < 1.29 is 88.2 Å². The Morgan fingerprint density at radius 3 is 1.00 bits per heavy atom. The molecule has 0 aromatic heterocycles. The van der Waals surface area contributed by atoms with Crippen LogP contribution in [-0.2, 0) is 9.09 Å². The molecular formula is C35H71Na2O6P. The number of hydrogen-bond donors (Lipinski definition) is 2. The summed E-state index contributed by atoms with van der Waals surface area (Å²) in [5, 5.41) is 21.0. The van der Waals surface area contributed by atoms with E-state index >= 15 is 0 Å². The maximum atomic E-state index is 11.3. The van der Waals surface area contributed by atoms with E-state index in [4.69, 9.17) is 4.52 Å². The fourth-order valence-corrected chi connectivity index (χ4v) is 6.52. The third-order valence-electron chi connectivity index (χ3n) is 8.74. The number of hydrogen-bond acceptors (Lipinski definition) is 6. The van der Waals surface area contributed by atoms with Crippen LogP contribution < -0.4 is 68.9 Å². The van der Waals surface area contributed by atoms with Crippen LogP contribution in [0.5, 0.6) is 0 Å². The van der Waals surface area contributed by atoms with Gasteiger partial charge in [0, 0.05) is 0 Å². The minimum atomic E-state index is -5.24. The summed E-state index contributed by atoms with van der Waals surface area (Å²) < 4.78 is 16.0. The number of unbranched alkanes of at least 4 members (excludes halogenated alkanes) is 26. The second-order valence-electron chi connectivity index (χ2n) is 12.9. The first-order valence-corrected chi connectivity index (χ1v) is 19.8. The molecule has 0 aromatic carbocycles. The first kappa shape index (κ1) is 50.4. The van der Waals surface area contributed by atoms with Crippen LogP contribution in [0.4, 0.5) is 0 Å². The Balaban J connectivity index is -0.00000840. The zero-order chi connectivity index (χ0) is 31.2. The van der Waals surface area contributed by atoms with Crippen LogP contribution in [0.15, 0.2) is 0 Å². The molecule has 9 heteroatoms. The molecule has 0 saturated carbocycles. The number of aliphatic hydroxyl groups is 2. The summed E-state index contributed by atoms with van der Waals surface area (Å²) in [6, 6.07) is 0. The van der Waals surface area contributed by atoms with Gasteiger partial charge in [0.25, 0.3) is 0 Å². The van der Waals surface area contributed by atoms with Crippen LogP contribution >= 0.6 is 7.82 Å². The Labute approximate surface area is 318 Å². The SMILES string of the molecule is CCCCCCCCCCCCCCCCC(O)[C@@H](O)C(CCCCCCCCCCCCCCCC)OP(=O)([O-])[O-].[Na+].[Na+]. The van der Waals surface area contributed by atoms with Gasteiger partial charge in [0.05, 0.1) is 20.0 Å². The van der Waals surface area contributed by atoms with Crippen molar-refractivity contribution in [3.8, 4) is 0 Å². The van der Waals surface area contributed by atoms with Crippen molar-refractivity contribution in [3.05, 3.63) is 0 Å². The number of phosphoric ester groups is 1. The summed E-state index contributed by atoms with van der Waals surface area (Å²) in [6.07, 6.45) is 31.5. The van der Waals surface area contributed by atoms with Gasteiger partial charge in [-0.1, -0.05) is 194 Å². The third-order valence-corrected chi connectivity index (χ3v) is 9.26. The Bertz CT molecular complexity index is 596. The zero-order valence-electron chi connectivity index (χ0n) is 29.9. The maximum absolute atomic E-state index is 11.3. The van der Waals surface area contributed by atoms with Gasteiger partial charge in [-0.2, -0.15) is 0 Å². The quantitative estimate of drug-likeness (QED) is 0.0617. The predicted molar refractivity (Wildman–Crippen MR) is 174 cm³/mol. The largest absolute Gasteiger partial charge is 1.00 e. The van der Waals surface area contributed by atoms with Crippen LogP contribution in [0.25, 0.3) is 0 Å². The molecule has 0 heterocycles. The van der Waals surface area contributed by atoms with E-state index < -0.39 is 26.1 Å². The van der Waals surface area contributed by atoms with Gasteiger partial charge in [-0.15, -0.1) is 0 Å². The van der Waals surface area contributed by atoms with E-state index in [2.05, 4.69) is 13.8 Å². The molecule has 0 radical (unpaired) electrons. The normalized spacial score (nSPS) is 13.7. The molecule has 0 fully saturated rings. The minimum Gasteiger partial charge on any atom is -0.790 e. The van der Waals surface area contributed by atoms with Gasteiger partial charge in [-0.25, -0.2) is 0 Å². The molecule has 2 unspecified atom stereocenters. The average Bonchev–Trinajstić information content (AvgIpc) is 2.95. The Morgan fingerprint density at radius 2 is 0.727 bits per heavy atom. The molecule has 0 amide bonds. The van der Waals surface area contributed by atoms with Crippen LogP contribution in [0.3, 0.4) is 0 Å². The standard InChI is InChI=1S/C35H73O6P.2Na/c1-3-5-7-9-11-13-15-17-19-21-23-25-27-29-31-33(36)35(37)34(41-42(38,39)40)32-30-28-26-24-22-20-18-16-14-12-10-8-6-4-2;;/h33-37H,3-32H2,1-2H3,(H2,38,39,40);;/q;2*+1/p-2/t33?,34?,35-;;/m1../s1. The number of aliphatic hydroxyl groups excluding tert-OH is 2. The van der Waals surface area contributed by atoms with Gasteiger partial charge < -0.3 is 29.1 Å². The summed E-state index contributed by atoms with van der Waals surface area (Å²) in [6.45, 7) is 4.50. The van der Waals surface area contributed by atoms with E-state index in [1.165, 1.54) is 135 Å². The van der Waals surface area contributed by atoms with Gasteiger partial charge >= 0.3 is 59.1 Å². The number of rotatable bonds is 34. The van der Waals surface area contributed by atoms with E-state index in [0.717, 1.165) is 38.5 Å². The van der Waals surface area contributed by atoms with Crippen molar-refractivity contribution in [2.75, 3.05) is 0 Å². The van der Waals surface area contributed by atoms with Crippen molar-refractivity contribution in [2.24, 2.45) is 0 Å². The second-order valence-corrected chi connectivity index (χ2v) is 14.0. The smallest absolute Gasteiger partial charge is 0.790 e. The molecule has 0 aliphatic carbocycles. The molecule has 2 N–H and O–H groups in total. The van der Waals surface area contributed by atoms with E-state index in [1.807, 2.05) is 0 Å². The van der Waals surface area contributed by atoms with Crippen molar-refractivity contribution in [1.29, 1.82) is 0 Å². The first-order chi connectivity index (χ1) is 20.3. The van der Waals surface area contributed by atoms with Gasteiger partial charge in [0.2, 0.25) is 0 Å². The predicted octanol–water partition coefficient (Wildman–Crippen LogP) is 3.67. The zero-order valence-corrected chi connectivity index (χ0v) is 34.8. The van der Waals surface area contributed by atoms with E-state index in [9.17, 15) is 24.6 Å². The average molecular weight is 665 g/mol. The number of phosphoric acid groups is 1. The summed E-state index contributed by atoms with van der Waals surface area (Å²) in [5.41, 5.74) is 0. The van der Waals surface area contributed by atoms with Crippen LogP contribution in [-0.4, -0.2) is 28.5 Å². The van der Waals surface area contributed by atoms with Gasteiger partial charge in [0.1, 0.15) is 6.10 Å². The Hall–Kier alpha value is 2.03. The first-order valence-electron chi connectivity index (χ1n) is 18.4. The molecule has 0 spiro atoms. The summed E-state index contributed by atoms with van der Waals surface area (Å²) in [5.74, 6) is 0. The molecule has 3 atom stereocenters. The van der Waals surface area contributed by atoms with Crippen LogP contribution in [0.1, 0.15) is 206 Å².